The number of carbonyl (C=O) groups is 2. The maximum atomic E-state index is 13.7. The van der Waals surface area contributed by atoms with E-state index in [0.29, 0.717) is 28.6 Å². The summed E-state index contributed by atoms with van der Waals surface area (Å²) in [5.74, 6) is 1.17. The third kappa shape index (κ3) is 4.83. The fourth-order valence-corrected chi connectivity index (χ4v) is 6.38. The molecule has 0 spiro atoms. The number of Topliss-reactive ketones (excluding diaryl/α,β-unsaturated/α-hetero) is 1. The summed E-state index contributed by atoms with van der Waals surface area (Å²) >= 11 is 3.40. The number of ketones is 1. The maximum absolute atomic E-state index is 13.7. The Hall–Kier alpha value is -3.50. The quantitative estimate of drug-likeness (QED) is 0.314. The summed E-state index contributed by atoms with van der Waals surface area (Å²) in [5, 5.41) is 16.0. The molecule has 40 heavy (non-hydrogen) atoms. The summed E-state index contributed by atoms with van der Waals surface area (Å²) in [5.41, 5.74) is 5.70. The van der Waals surface area contributed by atoms with Gasteiger partial charge in [-0.15, -0.1) is 0 Å². The van der Waals surface area contributed by atoms with Crippen LogP contribution in [0.15, 0.2) is 41.3 Å². The van der Waals surface area contributed by atoms with Gasteiger partial charge in [-0.05, 0) is 96.8 Å². The average molecular weight is 604 g/mol. The van der Waals surface area contributed by atoms with Gasteiger partial charge in [-0.25, -0.2) is 15.0 Å². The lowest BCUT2D eigenvalue weighted by Gasteiger charge is -2.27. The largest absolute Gasteiger partial charge is 0.387 e. The molecule has 1 N–H and O–H groups in total. The van der Waals surface area contributed by atoms with Gasteiger partial charge in [-0.3, -0.25) is 14.3 Å². The van der Waals surface area contributed by atoms with Crippen molar-refractivity contribution in [3.8, 4) is 11.1 Å². The first-order valence-electron chi connectivity index (χ1n) is 13.5. The zero-order valence-electron chi connectivity index (χ0n) is 22.9. The van der Waals surface area contributed by atoms with Crippen LogP contribution >= 0.6 is 15.9 Å². The number of aromatic nitrogens is 5. The van der Waals surface area contributed by atoms with Crippen LogP contribution in [0.5, 0.6) is 0 Å². The number of hydrogen-bond acceptors (Lipinski definition) is 7. The van der Waals surface area contributed by atoms with Gasteiger partial charge in [0.2, 0.25) is 5.91 Å². The summed E-state index contributed by atoms with van der Waals surface area (Å²) in [7, 11) is 0. The second kappa shape index (κ2) is 10.2. The van der Waals surface area contributed by atoms with E-state index in [2.05, 4.69) is 36.0 Å². The van der Waals surface area contributed by atoms with Gasteiger partial charge >= 0.3 is 0 Å². The number of hydrogen-bond donors (Lipinski definition) is 1. The van der Waals surface area contributed by atoms with Crippen LogP contribution in [0.25, 0.3) is 22.0 Å². The lowest BCUT2D eigenvalue weighted by molar-refractivity contribution is -0.139. The molecule has 1 aromatic carbocycles. The topological polar surface area (TPSA) is 114 Å². The number of piperidine rings is 1. The number of pyridine rings is 1. The van der Waals surface area contributed by atoms with E-state index in [1.54, 1.807) is 28.9 Å². The van der Waals surface area contributed by atoms with E-state index in [1.165, 1.54) is 0 Å². The summed E-state index contributed by atoms with van der Waals surface area (Å²) in [6.07, 6.45) is 3.91. The summed E-state index contributed by atoms with van der Waals surface area (Å²) in [6, 6.07) is 7.36. The minimum absolute atomic E-state index is 0.00552. The van der Waals surface area contributed by atoms with Gasteiger partial charge in [0.1, 0.15) is 17.0 Å². The first-order chi connectivity index (χ1) is 19.1. The molecule has 1 unspecified atom stereocenters. The highest BCUT2D eigenvalue weighted by atomic mass is 79.9. The van der Waals surface area contributed by atoms with Gasteiger partial charge < -0.3 is 10.0 Å². The van der Waals surface area contributed by atoms with Crippen molar-refractivity contribution >= 4 is 38.5 Å². The summed E-state index contributed by atoms with van der Waals surface area (Å²) in [6.45, 7) is 8.01. The highest BCUT2D eigenvalue weighted by molar-refractivity contribution is 9.10. The third-order valence-electron chi connectivity index (χ3n) is 8.17. The molecular weight excluding hydrogens is 572 g/mol. The minimum Gasteiger partial charge on any atom is -0.387 e. The molecule has 1 aliphatic heterocycles. The lowest BCUT2D eigenvalue weighted by atomic mass is 10.0. The molecule has 6 rings (SSSR count). The summed E-state index contributed by atoms with van der Waals surface area (Å²) in [4.78, 5) is 42.1. The molecule has 0 radical (unpaired) electrons. The number of halogens is 1. The number of benzene rings is 1. The molecule has 4 heterocycles. The molecule has 10 heteroatoms. The van der Waals surface area contributed by atoms with Crippen molar-refractivity contribution < 1.29 is 14.7 Å². The van der Waals surface area contributed by atoms with E-state index in [4.69, 9.17) is 0 Å². The fourth-order valence-electron chi connectivity index (χ4n) is 6.03. The van der Waals surface area contributed by atoms with Crippen molar-refractivity contribution in [1.82, 2.24) is 29.6 Å². The number of aliphatic hydroxyl groups is 1. The molecule has 2 fully saturated rings. The van der Waals surface area contributed by atoms with E-state index in [1.807, 2.05) is 45.0 Å². The Balaban J connectivity index is 1.29. The molecule has 1 saturated heterocycles. The van der Waals surface area contributed by atoms with Crippen LogP contribution in [0.3, 0.4) is 0 Å². The Morgan fingerprint density at radius 1 is 1.10 bits per heavy atom. The van der Waals surface area contributed by atoms with E-state index in [0.717, 1.165) is 45.3 Å². The highest BCUT2D eigenvalue weighted by Crippen LogP contribution is 2.50. The number of likely N-dealkylation sites (tertiary alicyclic amines) is 1. The molecule has 3 aromatic heterocycles. The van der Waals surface area contributed by atoms with Gasteiger partial charge in [-0.2, -0.15) is 5.10 Å². The van der Waals surface area contributed by atoms with Crippen LogP contribution in [-0.4, -0.2) is 59.0 Å². The van der Waals surface area contributed by atoms with Crippen molar-refractivity contribution in [3.05, 3.63) is 69.6 Å². The monoisotopic (exact) mass is 602 g/mol. The molecule has 4 aromatic rings. The predicted octanol–water partition coefficient (Wildman–Crippen LogP) is 4.29. The Bertz CT molecular complexity index is 1650. The smallest absolute Gasteiger partial charge is 0.244 e. The van der Waals surface area contributed by atoms with Crippen molar-refractivity contribution in [3.63, 3.8) is 0 Å². The third-order valence-corrected chi connectivity index (χ3v) is 8.61. The standard InChI is InChI=1S/C30H31BrN6O3/c1-15-5-6-26(31)34-24(15)10-25(39)30-22-9-20(22)13-36(30)27(40)14-37-29-16(2)7-19(21-11-32-18(4)33-12-21)8-23(29)28(35-37)17(3)38/h5-8,11-12,17,20,22,30,38H,9-10,13-14H2,1-4H3/t17?,20-,22-,30+/m1/s1. The predicted molar refractivity (Wildman–Crippen MR) is 153 cm³/mol. The normalized spacial score (nSPS) is 20.6. The molecule has 2 aliphatic rings. The SMILES string of the molecule is Cc1ncc(-c2cc(C)c3c(c2)c(C(C)O)nn3CC(=O)N2C[C@H]3C[C@H]3[C@H]2C(=O)Cc2nc(Br)ccc2C)cn1. The van der Waals surface area contributed by atoms with E-state index in [-0.39, 0.29) is 30.6 Å². The molecule has 0 bridgehead atoms. The fraction of sp³-hybridized carbons (Fsp3) is 0.400. The molecule has 4 atom stereocenters. The van der Waals surface area contributed by atoms with Crippen molar-refractivity contribution in [2.24, 2.45) is 11.8 Å². The number of carbonyl (C=O) groups excluding carboxylic acids is 2. The van der Waals surface area contributed by atoms with Crippen LogP contribution in [0.1, 0.15) is 47.8 Å². The minimum atomic E-state index is -0.822. The van der Waals surface area contributed by atoms with Crippen molar-refractivity contribution in [2.45, 2.75) is 59.2 Å². The Morgan fingerprint density at radius 3 is 2.58 bits per heavy atom. The van der Waals surface area contributed by atoms with E-state index < -0.39 is 12.1 Å². The van der Waals surface area contributed by atoms with Gasteiger partial charge in [0.15, 0.2) is 5.78 Å². The number of fused-ring (bicyclic) bond motifs is 2. The van der Waals surface area contributed by atoms with Crippen molar-refractivity contribution in [2.75, 3.05) is 6.54 Å². The first-order valence-corrected chi connectivity index (χ1v) is 14.3. The zero-order chi connectivity index (χ0) is 28.3. The van der Waals surface area contributed by atoms with Crippen LogP contribution in [0.4, 0.5) is 0 Å². The molecule has 1 saturated carbocycles. The first kappa shape index (κ1) is 26.7. The van der Waals surface area contributed by atoms with Crippen molar-refractivity contribution in [1.29, 1.82) is 0 Å². The number of rotatable bonds is 7. The van der Waals surface area contributed by atoms with Crippen LogP contribution < -0.4 is 0 Å². The Morgan fingerprint density at radius 2 is 1.85 bits per heavy atom. The molecular formula is C30H31BrN6O3. The van der Waals surface area contributed by atoms with E-state index >= 15 is 0 Å². The molecule has 1 aliphatic carbocycles. The zero-order valence-corrected chi connectivity index (χ0v) is 24.5. The molecule has 9 nitrogen and oxygen atoms in total. The maximum Gasteiger partial charge on any atom is 0.244 e. The average Bonchev–Trinajstić information content (AvgIpc) is 3.40. The van der Waals surface area contributed by atoms with Crippen LogP contribution in [0, 0.1) is 32.6 Å². The Kier molecular flexibility index (Phi) is 6.78. The van der Waals surface area contributed by atoms with Crippen LogP contribution in [-0.2, 0) is 22.6 Å². The highest BCUT2D eigenvalue weighted by Gasteiger charge is 2.56. The number of aliphatic hydroxyl groups excluding tert-OH is 1. The van der Waals surface area contributed by atoms with Gasteiger partial charge in [-0.1, -0.05) is 6.07 Å². The van der Waals surface area contributed by atoms with Crippen LogP contribution in [0.2, 0.25) is 0 Å². The number of aryl methyl sites for hydroxylation is 3. The number of nitrogens with zero attached hydrogens (tertiary/aromatic N) is 6. The second-order valence-corrected chi connectivity index (χ2v) is 11.9. The summed E-state index contributed by atoms with van der Waals surface area (Å²) < 4.78 is 2.37. The van der Waals surface area contributed by atoms with E-state index in [9.17, 15) is 14.7 Å². The lowest BCUT2D eigenvalue weighted by Crippen LogP contribution is -2.45. The second-order valence-electron chi connectivity index (χ2n) is 11.1. The van der Waals surface area contributed by atoms with Gasteiger partial charge in [0.25, 0.3) is 0 Å². The molecule has 206 valence electrons. The van der Waals surface area contributed by atoms with Gasteiger partial charge in [0, 0.05) is 29.9 Å². The Labute approximate surface area is 240 Å². The van der Waals surface area contributed by atoms with Gasteiger partial charge in [0.05, 0.1) is 35.5 Å². The molecule has 1 amide bonds. The number of amides is 1.